The van der Waals surface area contributed by atoms with Crippen molar-refractivity contribution in [1.82, 2.24) is 14.6 Å². The molecule has 2 rings (SSSR count). The number of aromatic nitrogens is 3. The molecule has 0 amide bonds. The van der Waals surface area contributed by atoms with Crippen molar-refractivity contribution < 1.29 is 0 Å². The van der Waals surface area contributed by atoms with Gasteiger partial charge in [0, 0.05) is 18.7 Å². The fraction of sp³-hybridized carbons (Fsp3) is 0.455. The Morgan fingerprint density at radius 2 is 2.13 bits per heavy atom. The second-order valence-corrected chi connectivity index (χ2v) is 4.07. The molecule has 80 valence electrons. The molecule has 0 saturated heterocycles. The lowest BCUT2D eigenvalue weighted by molar-refractivity contribution is 0.480. The molecule has 2 heterocycles. The molecule has 0 aliphatic rings. The molecule has 4 nitrogen and oxygen atoms in total. The van der Waals surface area contributed by atoms with Gasteiger partial charge in [0.2, 0.25) is 0 Å². The number of fused-ring (bicyclic) bond motifs is 1. The Labute approximate surface area is 89.1 Å². The lowest BCUT2D eigenvalue weighted by Crippen LogP contribution is -2.20. The van der Waals surface area contributed by atoms with Crippen molar-refractivity contribution in [3.8, 4) is 0 Å². The van der Waals surface area contributed by atoms with Gasteiger partial charge in [-0.3, -0.25) is 4.40 Å². The van der Waals surface area contributed by atoms with Crippen LogP contribution >= 0.6 is 0 Å². The number of hydrogen-bond donors (Lipinski definition) is 1. The number of rotatable bonds is 3. The minimum atomic E-state index is 0.266. The highest BCUT2D eigenvalue weighted by Gasteiger charge is 2.19. The summed E-state index contributed by atoms with van der Waals surface area (Å²) in [5.74, 6) is 1.70. The van der Waals surface area contributed by atoms with E-state index in [2.05, 4.69) is 24.0 Å². The van der Waals surface area contributed by atoms with E-state index in [1.807, 2.05) is 28.8 Å². The summed E-state index contributed by atoms with van der Waals surface area (Å²) in [6.07, 6.45) is 1.98. The average molecular weight is 204 g/mol. The molecule has 0 spiro atoms. The minimum Gasteiger partial charge on any atom is -0.330 e. The Morgan fingerprint density at radius 1 is 1.33 bits per heavy atom. The van der Waals surface area contributed by atoms with Crippen molar-refractivity contribution in [2.75, 3.05) is 6.54 Å². The highest BCUT2D eigenvalue weighted by molar-refractivity contribution is 5.37. The van der Waals surface area contributed by atoms with Gasteiger partial charge in [-0.1, -0.05) is 19.9 Å². The minimum absolute atomic E-state index is 0.266. The zero-order chi connectivity index (χ0) is 10.8. The predicted octanol–water partition coefficient (Wildman–Crippen LogP) is 1.43. The standard InChI is InChI=1S/C11H16N4/c1-8(2)9(7-12)11-14-13-10-5-3-4-6-15(10)11/h3-6,8-9H,7,12H2,1-2H3. The third-order valence-corrected chi connectivity index (χ3v) is 2.73. The van der Waals surface area contributed by atoms with Gasteiger partial charge in [0.1, 0.15) is 5.82 Å². The summed E-state index contributed by atoms with van der Waals surface area (Å²) < 4.78 is 2.01. The van der Waals surface area contributed by atoms with E-state index in [1.54, 1.807) is 0 Å². The SMILES string of the molecule is CC(C)C(CN)c1nnc2ccccn12. The lowest BCUT2D eigenvalue weighted by atomic mass is 9.95. The van der Waals surface area contributed by atoms with Crippen molar-refractivity contribution in [3.05, 3.63) is 30.2 Å². The predicted molar refractivity (Wildman–Crippen MR) is 59.6 cm³/mol. The molecule has 1 atom stereocenters. The van der Waals surface area contributed by atoms with Crippen LogP contribution in [0.2, 0.25) is 0 Å². The van der Waals surface area contributed by atoms with Crippen LogP contribution in [0.25, 0.3) is 5.65 Å². The summed E-state index contributed by atoms with van der Waals surface area (Å²) in [6, 6.07) is 5.89. The van der Waals surface area contributed by atoms with Gasteiger partial charge in [0.05, 0.1) is 0 Å². The van der Waals surface area contributed by atoms with Crippen molar-refractivity contribution in [2.24, 2.45) is 11.7 Å². The fourth-order valence-corrected chi connectivity index (χ4v) is 1.79. The van der Waals surface area contributed by atoms with Gasteiger partial charge in [-0.25, -0.2) is 0 Å². The molecule has 15 heavy (non-hydrogen) atoms. The molecule has 0 radical (unpaired) electrons. The van der Waals surface area contributed by atoms with Crippen molar-refractivity contribution in [1.29, 1.82) is 0 Å². The molecular weight excluding hydrogens is 188 g/mol. The smallest absolute Gasteiger partial charge is 0.160 e. The van der Waals surface area contributed by atoms with E-state index < -0.39 is 0 Å². The summed E-state index contributed by atoms with van der Waals surface area (Å²) in [5.41, 5.74) is 6.66. The Morgan fingerprint density at radius 3 is 2.80 bits per heavy atom. The van der Waals surface area contributed by atoms with Gasteiger partial charge >= 0.3 is 0 Å². The molecule has 0 bridgehead atoms. The van der Waals surface area contributed by atoms with E-state index in [4.69, 9.17) is 5.73 Å². The molecule has 0 aliphatic carbocycles. The Hall–Kier alpha value is -1.42. The quantitative estimate of drug-likeness (QED) is 0.822. The zero-order valence-electron chi connectivity index (χ0n) is 9.09. The average Bonchev–Trinajstić information content (AvgIpc) is 2.63. The van der Waals surface area contributed by atoms with Gasteiger partial charge in [-0.2, -0.15) is 0 Å². The van der Waals surface area contributed by atoms with E-state index in [0.29, 0.717) is 12.5 Å². The van der Waals surface area contributed by atoms with Crippen LogP contribution in [0.3, 0.4) is 0 Å². The molecule has 1 unspecified atom stereocenters. The molecular formula is C11H16N4. The fourth-order valence-electron chi connectivity index (χ4n) is 1.79. The Kier molecular flexibility index (Phi) is 2.68. The molecule has 2 aromatic rings. The monoisotopic (exact) mass is 204 g/mol. The molecule has 0 saturated carbocycles. The van der Waals surface area contributed by atoms with Gasteiger partial charge < -0.3 is 5.73 Å². The van der Waals surface area contributed by atoms with Gasteiger partial charge in [0.25, 0.3) is 0 Å². The van der Waals surface area contributed by atoms with E-state index in [9.17, 15) is 0 Å². The third kappa shape index (κ3) is 1.72. The van der Waals surface area contributed by atoms with E-state index in [-0.39, 0.29) is 5.92 Å². The second kappa shape index (κ2) is 3.98. The summed E-state index contributed by atoms with van der Waals surface area (Å²) in [5, 5.41) is 8.35. The maximum absolute atomic E-state index is 5.77. The van der Waals surface area contributed by atoms with Crippen LogP contribution in [0.15, 0.2) is 24.4 Å². The maximum atomic E-state index is 5.77. The highest BCUT2D eigenvalue weighted by Crippen LogP contribution is 2.21. The van der Waals surface area contributed by atoms with Crippen LogP contribution in [0.5, 0.6) is 0 Å². The number of hydrogen-bond acceptors (Lipinski definition) is 3. The van der Waals surface area contributed by atoms with Crippen LogP contribution < -0.4 is 5.73 Å². The van der Waals surface area contributed by atoms with E-state index >= 15 is 0 Å². The molecule has 0 aliphatic heterocycles. The number of nitrogens with two attached hydrogens (primary N) is 1. The van der Waals surface area contributed by atoms with Crippen LogP contribution in [0.4, 0.5) is 0 Å². The number of pyridine rings is 1. The van der Waals surface area contributed by atoms with Gasteiger partial charge in [0.15, 0.2) is 5.65 Å². The number of nitrogens with zero attached hydrogens (tertiary/aromatic N) is 3. The Balaban J connectivity index is 2.51. The Bertz CT molecular complexity index is 447. The molecule has 2 aromatic heterocycles. The summed E-state index contributed by atoms with van der Waals surface area (Å²) in [4.78, 5) is 0. The van der Waals surface area contributed by atoms with Crippen molar-refractivity contribution in [2.45, 2.75) is 19.8 Å². The molecule has 2 N–H and O–H groups in total. The van der Waals surface area contributed by atoms with Crippen LogP contribution in [0, 0.1) is 5.92 Å². The highest BCUT2D eigenvalue weighted by atomic mass is 15.2. The van der Waals surface area contributed by atoms with E-state index in [0.717, 1.165) is 11.5 Å². The largest absolute Gasteiger partial charge is 0.330 e. The zero-order valence-corrected chi connectivity index (χ0v) is 9.09. The summed E-state index contributed by atoms with van der Waals surface area (Å²) >= 11 is 0. The first kappa shape index (κ1) is 10.1. The normalized spacial score (nSPS) is 13.6. The second-order valence-electron chi connectivity index (χ2n) is 4.07. The molecule has 4 heteroatoms. The maximum Gasteiger partial charge on any atom is 0.160 e. The molecule has 0 fully saturated rings. The lowest BCUT2D eigenvalue weighted by Gasteiger charge is -2.16. The van der Waals surface area contributed by atoms with Gasteiger partial charge in [-0.15, -0.1) is 10.2 Å². The first-order chi connectivity index (χ1) is 7.24. The first-order valence-electron chi connectivity index (χ1n) is 5.23. The third-order valence-electron chi connectivity index (χ3n) is 2.73. The van der Waals surface area contributed by atoms with Crippen LogP contribution in [-0.2, 0) is 0 Å². The topological polar surface area (TPSA) is 56.2 Å². The van der Waals surface area contributed by atoms with Crippen molar-refractivity contribution in [3.63, 3.8) is 0 Å². The summed E-state index contributed by atoms with van der Waals surface area (Å²) in [7, 11) is 0. The van der Waals surface area contributed by atoms with Crippen LogP contribution in [-0.4, -0.2) is 21.1 Å². The first-order valence-corrected chi connectivity index (χ1v) is 5.23. The van der Waals surface area contributed by atoms with Crippen LogP contribution in [0.1, 0.15) is 25.6 Å². The van der Waals surface area contributed by atoms with Crippen molar-refractivity contribution >= 4 is 5.65 Å². The van der Waals surface area contributed by atoms with E-state index in [1.165, 1.54) is 0 Å². The summed E-state index contributed by atoms with van der Waals surface area (Å²) in [6.45, 7) is 4.91. The molecule has 0 aromatic carbocycles. The van der Waals surface area contributed by atoms with Gasteiger partial charge in [-0.05, 0) is 18.1 Å².